The molecule has 5 heteroatoms. The molecule has 0 amide bonds. The highest BCUT2D eigenvalue weighted by atomic mass is 19.4. The second-order valence-electron chi connectivity index (χ2n) is 3.29. The highest BCUT2D eigenvalue weighted by Crippen LogP contribution is 2.26. The molecular formula is C11H9F3O2. The van der Waals surface area contributed by atoms with Gasteiger partial charge in [0.1, 0.15) is 11.4 Å². The van der Waals surface area contributed by atoms with Gasteiger partial charge in [-0.1, -0.05) is 18.1 Å². The highest BCUT2D eigenvalue weighted by molar-refractivity contribution is 5.34. The van der Waals surface area contributed by atoms with Crippen molar-refractivity contribution in [3.63, 3.8) is 0 Å². The summed E-state index contributed by atoms with van der Waals surface area (Å²) < 4.78 is 39.2. The highest BCUT2D eigenvalue weighted by Gasteiger charge is 2.31. The van der Waals surface area contributed by atoms with Gasteiger partial charge in [0.2, 0.25) is 0 Å². The predicted molar refractivity (Wildman–Crippen MR) is 51.5 cm³/mol. The largest absolute Gasteiger partial charge is 0.573 e. The minimum Gasteiger partial charge on any atom is -0.406 e. The summed E-state index contributed by atoms with van der Waals surface area (Å²) in [5.74, 6) is 1.76. The van der Waals surface area contributed by atoms with Gasteiger partial charge < -0.3 is 9.84 Å². The van der Waals surface area contributed by atoms with Crippen molar-refractivity contribution in [3.8, 4) is 18.1 Å². The molecule has 1 unspecified atom stereocenters. The van der Waals surface area contributed by atoms with E-state index in [0.29, 0.717) is 5.56 Å². The molecule has 1 rings (SSSR count). The molecule has 0 bridgehead atoms. The Morgan fingerprint density at radius 2 is 1.75 bits per heavy atom. The Labute approximate surface area is 90.7 Å². The zero-order valence-corrected chi connectivity index (χ0v) is 8.38. The Kier molecular flexibility index (Phi) is 3.15. The summed E-state index contributed by atoms with van der Waals surface area (Å²) in [6.45, 7) is 1.37. The van der Waals surface area contributed by atoms with Gasteiger partial charge in [0, 0.05) is 0 Å². The Morgan fingerprint density at radius 3 is 2.12 bits per heavy atom. The standard InChI is InChI=1S/C11H9F3O2/c1-3-10(2,15)8-4-6-9(7-5-8)16-11(12,13)14/h1,4-7,15H,2H3. The fraction of sp³-hybridized carbons (Fsp3) is 0.273. The molecule has 86 valence electrons. The Bertz CT molecular complexity index is 399. The number of hydrogen-bond donors (Lipinski definition) is 1. The van der Waals surface area contributed by atoms with Gasteiger partial charge in [-0.05, 0) is 24.6 Å². The van der Waals surface area contributed by atoms with Gasteiger partial charge in [-0.2, -0.15) is 0 Å². The van der Waals surface area contributed by atoms with E-state index in [9.17, 15) is 18.3 Å². The summed E-state index contributed by atoms with van der Waals surface area (Å²) in [7, 11) is 0. The van der Waals surface area contributed by atoms with E-state index >= 15 is 0 Å². The molecule has 0 aliphatic rings. The summed E-state index contributed by atoms with van der Waals surface area (Å²) in [5.41, 5.74) is -1.18. The Hall–Kier alpha value is -1.67. The molecule has 1 aromatic carbocycles. The normalized spacial score (nSPS) is 15.0. The maximum absolute atomic E-state index is 11.8. The van der Waals surface area contributed by atoms with Crippen molar-refractivity contribution in [2.45, 2.75) is 18.9 Å². The molecule has 1 atom stereocenters. The molecule has 1 N–H and O–H groups in total. The number of terminal acetylenes is 1. The van der Waals surface area contributed by atoms with Crippen molar-refractivity contribution in [1.29, 1.82) is 0 Å². The molecule has 2 nitrogen and oxygen atoms in total. The number of aliphatic hydroxyl groups is 1. The van der Waals surface area contributed by atoms with Crippen molar-refractivity contribution in [2.24, 2.45) is 0 Å². The van der Waals surface area contributed by atoms with E-state index in [0.717, 1.165) is 12.1 Å². The molecule has 0 saturated carbocycles. The Morgan fingerprint density at radius 1 is 1.25 bits per heavy atom. The molecule has 0 spiro atoms. The third-order valence-electron chi connectivity index (χ3n) is 1.93. The monoisotopic (exact) mass is 230 g/mol. The molecule has 0 aliphatic carbocycles. The van der Waals surface area contributed by atoms with Crippen molar-refractivity contribution in [2.75, 3.05) is 0 Å². The number of halogens is 3. The Balaban J connectivity index is 2.89. The lowest BCUT2D eigenvalue weighted by atomic mass is 9.97. The minimum absolute atomic E-state index is 0.324. The first-order chi connectivity index (χ1) is 7.24. The van der Waals surface area contributed by atoms with Crippen LogP contribution < -0.4 is 4.74 Å². The third kappa shape index (κ3) is 3.17. The van der Waals surface area contributed by atoms with Crippen LogP contribution in [0.15, 0.2) is 24.3 Å². The summed E-state index contributed by atoms with van der Waals surface area (Å²) in [4.78, 5) is 0. The lowest BCUT2D eigenvalue weighted by molar-refractivity contribution is -0.274. The minimum atomic E-state index is -4.73. The molecule has 0 heterocycles. The average Bonchev–Trinajstić information content (AvgIpc) is 2.16. The van der Waals surface area contributed by atoms with E-state index in [1.54, 1.807) is 0 Å². The van der Waals surface area contributed by atoms with Gasteiger partial charge in [0.15, 0.2) is 0 Å². The van der Waals surface area contributed by atoms with Crippen molar-refractivity contribution in [1.82, 2.24) is 0 Å². The summed E-state index contributed by atoms with van der Waals surface area (Å²) >= 11 is 0. The van der Waals surface area contributed by atoms with E-state index in [1.807, 2.05) is 0 Å². The number of benzene rings is 1. The summed E-state index contributed by atoms with van der Waals surface area (Å²) in [5, 5.41) is 9.62. The quantitative estimate of drug-likeness (QED) is 0.790. The van der Waals surface area contributed by atoms with Crippen molar-refractivity contribution < 1.29 is 23.0 Å². The van der Waals surface area contributed by atoms with Crippen LogP contribution in [0.4, 0.5) is 13.2 Å². The van der Waals surface area contributed by atoms with E-state index in [2.05, 4.69) is 10.7 Å². The average molecular weight is 230 g/mol. The van der Waals surface area contributed by atoms with Gasteiger partial charge in [0.25, 0.3) is 0 Å². The van der Waals surface area contributed by atoms with Crippen molar-refractivity contribution in [3.05, 3.63) is 29.8 Å². The molecule has 0 aliphatic heterocycles. The van der Waals surface area contributed by atoms with Crippen LogP contribution in [0.1, 0.15) is 12.5 Å². The second kappa shape index (κ2) is 4.06. The van der Waals surface area contributed by atoms with Crippen LogP contribution >= 0.6 is 0 Å². The van der Waals surface area contributed by atoms with E-state index in [1.165, 1.54) is 19.1 Å². The SMILES string of the molecule is C#CC(C)(O)c1ccc(OC(F)(F)F)cc1. The number of hydrogen-bond acceptors (Lipinski definition) is 2. The number of alkyl halides is 3. The topological polar surface area (TPSA) is 29.5 Å². The second-order valence-corrected chi connectivity index (χ2v) is 3.29. The first-order valence-electron chi connectivity index (χ1n) is 4.31. The maximum atomic E-state index is 11.8. The van der Waals surface area contributed by atoms with Crippen molar-refractivity contribution >= 4 is 0 Å². The molecule has 1 aromatic rings. The predicted octanol–water partition coefficient (Wildman–Crippen LogP) is 2.43. The van der Waals surface area contributed by atoms with E-state index in [4.69, 9.17) is 6.42 Å². The smallest absolute Gasteiger partial charge is 0.406 e. The fourth-order valence-electron chi connectivity index (χ4n) is 1.06. The lowest BCUT2D eigenvalue weighted by Crippen LogP contribution is -2.19. The molecule has 0 fully saturated rings. The summed E-state index contributed by atoms with van der Waals surface area (Å²) in [6, 6.07) is 4.74. The van der Waals surface area contributed by atoms with Gasteiger partial charge in [0.05, 0.1) is 0 Å². The van der Waals surface area contributed by atoms with Gasteiger partial charge in [-0.3, -0.25) is 0 Å². The van der Waals surface area contributed by atoms with Gasteiger partial charge >= 0.3 is 6.36 Å². The molecular weight excluding hydrogens is 221 g/mol. The fourth-order valence-corrected chi connectivity index (χ4v) is 1.06. The number of ether oxygens (including phenoxy) is 1. The maximum Gasteiger partial charge on any atom is 0.573 e. The first-order valence-corrected chi connectivity index (χ1v) is 4.31. The van der Waals surface area contributed by atoms with Crippen LogP contribution in [0.25, 0.3) is 0 Å². The zero-order valence-electron chi connectivity index (χ0n) is 8.38. The van der Waals surface area contributed by atoms with Crippen LogP contribution in [-0.2, 0) is 5.60 Å². The molecule has 0 radical (unpaired) electrons. The first kappa shape index (κ1) is 12.4. The third-order valence-corrected chi connectivity index (χ3v) is 1.93. The van der Waals surface area contributed by atoms with E-state index < -0.39 is 12.0 Å². The van der Waals surface area contributed by atoms with Crippen LogP contribution in [0.2, 0.25) is 0 Å². The molecule has 16 heavy (non-hydrogen) atoms. The van der Waals surface area contributed by atoms with Crippen LogP contribution in [0, 0.1) is 12.3 Å². The lowest BCUT2D eigenvalue weighted by Gasteiger charge is -2.17. The van der Waals surface area contributed by atoms with E-state index in [-0.39, 0.29) is 5.75 Å². The van der Waals surface area contributed by atoms with Crippen LogP contribution in [0.5, 0.6) is 5.75 Å². The van der Waals surface area contributed by atoms with Crippen LogP contribution in [0.3, 0.4) is 0 Å². The van der Waals surface area contributed by atoms with Gasteiger partial charge in [-0.15, -0.1) is 19.6 Å². The molecule has 0 aromatic heterocycles. The molecule has 0 saturated heterocycles. The van der Waals surface area contributed by atoms with Gasteiger partial charge in [-0.25, -0.2) is 0 Å². The van der Waals surface area contributed by atoms with Crippen LogP contribution in [-0.4, -0.2) is 11.5 Å². The summed E-state index contributed by atoms with van der Waals surface area (Å²) in [6.07, 6.45) is 0.341. The number of rotatable bonds is 2. The zero-order chi connectivity index (χ0) is 12.4.